The van der Waals surface area contributed by atoms with Gasteiger partial charge in [0.1, 0.15) is 0 Å². The summed E-state index contributed by atoms with van der Waals surface area (Å²) in [5.41, 5.74) is 2.29. The summed E-state index contributed by atoms with van der Waals surface area (Å²) in [4.78, 5) is 0. The lowest BCUT2D eigenvalue weighted by Gasteiger charge is -2.04. The molecule has 1 aromatic heterocycles. The molecule has 0 saturated heterocycles. The molecule has 2 aromatic carbocycles. The number of thioether (sulfide) groups is 1. The van der Waals surface area contributed by atoms with Crippen LogP contribution >= 0.6 is 23.4 Å². The molecular weight excluding hydrogens is 302 g/mol. The van der Waals surface area contributed by atoms with E-state index in [9.17, 15) is 0 Å². The quantitative estimate of drug-likeness (QED) is 0.667. The topological polar surface area (TPSA) is 30.7 Å². The molecular formula is C16H14ClN3S. The Morgan fingerprint density at radius 3 is 2.43 bits per heavy atom. The van der Waals surface area contributed by atoms with Gasteiger partial charge in [-0.3, -0.25) is 0 Å². The summed E-state index contributed by atoms with van der Waals surface area (Å²) >= 11 is 7.56. The summed E-state index contributed by atoms with van der Waals surface area (Å²) in [5.74, 6) is 1.73. The number of hydrogen-bond donors (Lipinski definition) is 0. The zero-order valence-electron chi connectivity index (χ0n) is 11.5. The van der Waals surface area contributed by atoms with Crippen LogP contribution in [0.5, 0.6) is 0 Å². The number of hydrogen-bond acceptors (Lipinski definition) is 3. The van der Waals surface area contributed by atoms with Gasteiger partial charge in [-0.05, 0) is 17.7 Å². The van der Waals surface area contributed by atoms with Gasteiger partial charge in [0.25, 0.3) is 0 Å². The largest absolute Gasteiger partial charge is 0.305 e. The van der Waals surface area contributed by atoms with E-state index in [1.54, 1.807) is 11.8 Å². The van der Waals surface area contributed by atoms with Crippen LogP contribution in [0.4, 0.5) is 0 Å². The van der Waals surface area contributed by atoms with Crippen molar-refractivity contribution in [2.45, 2.75) is 10.9 Å². The molecule has 0 aliphatic carbocycles. The van der Waals surface area contributed by atoms with Gasteiger partial charge in [0, 0.05) is 23.4 Å². The number of benzene rings is 2. The maximum Gasteiger partial charge on any atom is 0.191 e. The minimum Gasteiger partial charge on any atom is -0.305 e. The van der Waals surface area contributed by atoms with Gasteiger partial charge in [-0.2, -0.15) is 0 Å². The molecule has 0 unspecified atom stereocenters. The highest BCUT2D eigenvalue weighted by Crippen LogP contribution is 2.25. The monoisotopic (exact) mass is 315 g/mol. The second-order valence-corrected chi connectivity index (χ2v) is 6.03. The molecule has 0 amide bonds. The molecule has 0 radical (unpaired) electrons. The molecule has 5 heteroatoms. The third-order valence-corrected chi connectivity index (χ3v) is 4.49. The molecule has 106 valence electrons. The van der Waals surface area contributed by atoms with Crippen LogP contribution in [0.3, 0.4) is 0 Å². The molecule has 0 bridgehead atoms. The van der Waals surface area contributed by atoms with Gasteiger partial charge < -0.3 is 4.57 Å². The van der Waals surface area contributed by atoms with E-state index in [1.165, 1.54) is 5.56 Å². The Balaban J connectivity index is 1.75. The van der Waals surface area contributed by atoms with Crippen LogP contribution in [0.25, 0.3) is 11.4 Å². The van der Waals surface area contributed by atoms with Crippen molar-refractivity contribution in [3.63, 3.8) is 0 Å². The third-order valence-electron chi connectivity index (χ3n) is 3.15. The Morgan fingerprint density at radius 1 is 1.00 bits per heavy atom. The van der Waals surface area contributed by atoms with Crippen LogP contribution in [-0.2, 0) is 12.8 Å². The smallest absolute Gasteiger partial charge is 0.191 e. The summed E-state index contributed by atoms with van der Waals surface area (Å²) in [6, 6.07) is 18.0. The second kappa shape index (κ2) is 6.33. The Bertz CT molecular complexity index is 723. The Hall–Kier alpha value is -1.78. The molecule has 0 atom stereocenters. The lowest BCUT2D eigenvalue weighted by atomic mass is 10.2. The first-order valence-electron chi connectivity index (χ1n) is 6.56. The highest BCUT2D eigenvalue weighted by Gasteiger charge is 2.10. The van der Waals surface area contributed by atoms with E-state index in [-0.39, 0.29) is 0 Å². The lowest BCUT2D eigenvalue weighted by molar-refractivity contribution is 0.794. The third kappa shape index (κ3) is 3.28. The number of aromatic nitrogens is 3. The molecule has 0 aliphatic rings. The van der Waals surface area contributed by atoms with Gasteiger partial charge in [0.05, 0.1) is 0 Å². The Morgan fingerprint density at radius 2 is 1.71 bits per heavy atom. The maximum atomic E-state index is 5.89. The molecule has 0 aliphatic heterocycles. The van der Waals surface area contributed by atoms with Crippen molar-refractivity contribution in [1.82, 2.24) is 14.8 Å². The van der Waals surface area contributed by atoms with Crippen LogP contribution in [0.1, 0.15) is 5.56 Å². The van der Waals surface area contributed by atoms with Crippen LogP contribution < -0.4 is 0 Å². The van der Waals surface area contributed by atoms with Crippen molar-refractivity contribution < 1.29 is 0 Å². The van der Waals surface area contributed by atoms with Gasteiger partial charge >= 0.3 is 0 Å². The average molecular weight is 316 g/mol. The molecule has 0 saturated carbocycles. The zero-order chi connectivity index (χ0) is 14.7. The minimum atomic E-state index is 0.758. The fraction of sp³-hybridized carbons (Fsp3) is 0.125. The molecule has 0 spiro atoms. The number of halogens is 1. The first-order chi connectivity index (χ1) is 10.2. The summed E-state index contributed by atoms with van der Waals surface area (Å²) in [6.45, 7) is 0. The van der Waals surface area contributed by atoms with Crippen molar-refractivity contribution in [3.8, 4) is 11.4 Å². The molecule has 0 fully saturated rings. The Labute approximate surface area is 133 Å². The molecule has 3 nitrogen and oxygen atoms in total. The summed E-state index contributed by atoms with van der Waals surface area (Å²) < 4.78 is 2.02. The van der Waals surface area contributed by atoms with E-state index in [0.29, 0.717) is 0 Å². The van der Waals surface area contributed by atoms with Crippen molar-refractivity contribution in [3.05, 3.63) is 65.2 Å². The fourth-order valence-electron chi connectivity index (χ4n) is 2.01. The highest BCUT2D eigenvalue weighted by molar-refractivity contribution is 7.98. The van der Waals surface area contributed by atoms with Crippen molar-refractivity contribution in [2.24, 2.45) is 7.05 Å². The van der Waals surface area contributed by atoms with Gasteiger partial charge in [-0.15, -0.1) is 10.2 Å². The zero-order valence-corrected chi connectivity index (χ0v) is 13.1. The highest BCUT2D eigenvalue weighted by atomic mass is 35.5. The summed E-state index contributed by atoms with van der Waals surface area (Å²) in [6.07, 6.45) is 0. The molecule has 3 rings (SSSR count). The predicted octanol–water partition coefficient (Wildman–Crippen LogP) is 4.43. The van der Waals surface area contributed by atoms with Crippen LogP contribution in [0, 0.1) is 0 Å². The van der Waals surface area contributed by atoms with E-state index in [1.807, 2.05) is 66.2 Å². The standard InChI is InChI=1S/C16H14ClN3S/c1-20-15(13-5-3-2-4-6-13)18-19-16(20)21-11-12-7-9-14(17)10-8-12/h2-10H,11H2,1H3. The van der Waals surface area contributed by atoms with Gasteiger partial charge in [-0.1, -0.05) is 65.8 Å². The van der Waals surface area contributed by atoms with Crippen LogP contribution in [0.2, 0.25) is 5.02 Å². The molecule has 21 heavy (non-hydrogen) atoms. The maximum absolute atomic E-state index is 5.89. The van der Waals surface area contributed by atoms with Crippen LogP contribution in [0.15, 0.2) is 59.8 Å². The van der Waals surface area contributed by atoms with E-state index in [0.717, 1.165) is 27.3 Å². The van der Waals surface area contributed by atoms with Gasteiger partial charge in [-0.25, -0.2) is 0 Å². The fourth-order valence-corrected chi connectivity index (χ4v) is 3.00. The van der Waals surface area contributed by atoms with E-state index in [2.05, 4.69) is 10.2 Å². The molecule has 0 N–H and O–H groups in total. The minimum absolute atomic E-state index is 0.758. The first kappa shape index (κ1) is 14.2. The van der Waals surface area contributed by atoms with E-state index in [4.69, 9.17) is 11.6 Å². The van der Waals surface area contributed by atoms with Gasteiger partial charge in [0.15, 0.2) is 11.0 Å². The van der Waals surface area contributed by atoms with Crippen molar-refractivity contribution >= 4 is 23.4 Å². The van der Waals surface area contributed by atoms with E-state index >= 15 is 0 Å². The van der Waals surface area contributed by atoms with Crippen molar-refractivity contribution in [1.29, 1.82) is 0 Å². The Kier molecular flexibility index (Phi) is 4.27. The predicted molar refractivity (Wildman–Crippen MR) is 87.5 cm³/mol. The molecule has 1 heterocycles. The van der Waals surface area contributed by atoms with Gasteiger partial charge in [0.2, 0.25) is 0 Å². The van der Waals surface area contributed by atoms with E-state index < -0.39 is 0 Å². The average Bonchev–Trinajstić information content (AvgIpc) is 2.89. The second-order valence-electron chi connectivity index (χ2n) is 4.65. The van der Waals surface area contributed by atoms with Crippen molar-refractivity contribution in [2.75, 3.05) is 0 Å². The molecule has 3 aromatic rings. The number of nitrogens with zero attached hydrogens (tertiary/aromatic N) is 3. The normalized spacial score (nSPS) is 10.8. The summed E-state index contributed by atoms with van der Waals surface area (Å²) in [7, 11) is 1.99. The first-order valence-corrected chi connectivity index (χ1v) is 7.92. The van der Waals surface area contributed by atoms with Crippen LogP contribution in [-0.4, -0.2) is 14.8 Å². The summed E-state index contributed by atoms with van der Waals surface area (Å²) in [5, 5.41) is 10.2. The number of rotatable bonds is 4. The lowest BCUT2D eigenvalue weighted by Crippen LogP contribution is -1.94. The SMILES string of the molecule is Cn1c(SCc2ccc(Cl)cc2)nnc1-c1ccccc1.